The second-order valence-electron chi connectivity index (χ2n) is 5.22. The Kier molecular flexibility index (Phi) is 4.20. The first-order valence-corrected chi connectivity index (χ1v) is 6.58. The van der Waals surface area contributed by atoms with E-state index in [4.69, 9.17) is 9.47 Å². The largest absolute Gasteiger partial charge is 0.459 e. The van der Waals surface area contributed by atoms with Crippen molar-refractivity contribution in [1.29, 1.82) is 0 Å². The van der Waals surface area contributed by atoms with Crippen molar-refractivity contribution >= 4 is 5.97 Å². The molecule has 1 aromatic rings. The lowest BCUT2D eigenvalue weighted by molar-refractivity contribution is -0.0855. The fraction of sp³-hybridized carbons (Fsp3) is 0.533. The standard InChI is InChI=1S/C15H19FO3/c1-9-6-12(4-5-14(9)16)15(17)19-13-7-10(2)18-11(3)8-13/h4-6,10-11,13H,7-8H2,1-3H3. The molecule has 0 bridgehead atoms. The molecule has 2 unspecified atom stereocenters. The van der Waals surface area contributed by atoms with Gasteiger partial charge in [0.1, 0.15) is 11.9 Å². The van der Waals surface area contributed by atoms with Gasteiger partial charge in [-0.2, -0.15) is 0 Å². The number of hydrogen-bond donors (Lipinski definition) is 0. The zero-order valence-corrected chi connectivity index (χ0v) is 11.5. The molecule has 1 aliphatic rings. The van der Waals surface area contributed by atoms with E-state index in [1.165, 1.54) is 18.2 Å². The van der Waals surface area contributed by atoms with Crippen LogP contribution in [0.4, 0.5) is 4.39 Å². The molecule has 19 heavy (non-hydrogen) atoms. The Morgan fingerprint density at radius 2 is 1.95 bits per heavy atom. The summed E-state index contributed by atoms with van der Waals surface area (Å²) in [6.45, 7) is 5.57. The average Bonchev–Trinajstić information content (AvgIpc) is 2.31. The van der Waals surface area contributed by atoms with Gasteiger partial charge in [0, 0.05) is 12.8 Å². The van der Waals surface area contributed by atoms with Crippen LogP contribution in [0.5, 0.6) is 0 Å². The van der Waals surface area contributed by atoms with Crippen molar-refractivity contribution in [1.82, 2.24) is 0 Å². The number of esters is 1. The summed E-state index contributed by atoms with van der Waals surface area (Å²) in [6.07, 6.45) is 1.47. The highest BCUT2D eigenvalue weighted by atomic mass is 19.1. The van der Waals surface area contributed by atoms with Crippen LogP contribution in [0.2, 0.25) is 0 Å². The predicted molar refractivity (Wildman–Crippen MR) is 69.6 cm³/mol. The van der Waals surface area contributed by atoms with Crippen molar-refractivity contribution < 1.29 is 18.7 Å². The van der Waals surface area contributed by atoms with Gasteiger partial charge in [-0.05, 0) is 44.5 Å². The molecular weight excluding hydrogens is 247 g/mol. The molecule has 2 atom stereocenters. The molecule has 0 saturated carbocycles. The number of halogens is 1. The molecule has 1 aromatic carbocycles. The van der Waals surface area contributed by atoms with Crippen LogP contribution in [0.1, 0.15) is 42.6 Å². The van der Waals surface area contributed by atoms with Crippen LogP contribution >= 0.6 is 0 Å². The second-order valence-corrected chi connectivity index (χ2v) is 5.22. The Morgan fingerprint density at radius 1 is 1.32 bits per heavy atom. The minimum Gasteiger partial charge on any atom is -0.459 e. The molecule has 2 rings (SSSR count). The fourth-order valence-electron chi connectivity index (χ4n) is 2.43. The van der Waals surface area contributed by atoms with Gasteiger partial charge in [-0.3, -0.25) is 0 Å². The Balaban J connectivity index is 2.02. The molecule has 0 aromatic heterocycles. The summed E-state index contributed by atoms with van der Waals surface area (Å²) in [4.78, 5) is 12.0. The Hall–Kier alpha value is -1.42. The quantitative estimate of drug-likeness (QED) is 0.771. The molecule has 0 spiro atoms. The van der Waals surface area contributed by atoms with Crippen LogP contribution in [-0.2, 0) is 9.47 Å². The Morgan fingerprint density at radius 3 is 2.53 bits per heavy atom. The lowest BCUT2D eigenvalue weighted by atomic mass is 10.0. The lowest BCUT2D eigenvalue weighted by Gasteiger charge is -2.31. The van der Waals surface area contributed by atoms with Gasteiger partial charge in [0.25, 0.3) is 0 Å². The van der Waals surface area contributed by atoms with Crippen molar-refractivity contribution in [3.05, 3.63) is 35.1 Å². The number of carbonyl (C=O) groups excluding carboxylic acids is 1. The molecular formula is C15H19FO3. The molecule has 1 heterocycles. The summed E-state index contributed by atoms with van der Waals surface area (Å²) < 4.78 is 24.2. The van der Waals surface area contributed by atoms with Crippen LogP contribution < -0.4 is 0 Å². The normalized spacial score (nSPS) is 27.1. The number of benzene rings is 1. The van der Waals surface area contributed by atoms with Gasteiger partial charge in [-0.25, -0.2) is 9.18 Å². The highest BCUT2D eigenvalue weighted by Gasteiger charge is 2.27. The predicted octanol–water partition coefficient (Wildman–Crippen LogP) is 3.25. The van der Waals surface area contributed by atoms with Crippen molar-refractivity contribution in [3.63, 3.8) is 0 Å². The first-order valence-electron chi connectivity index (χ1n) is 6.58. The number of rotatable bonds is 2. The van der Waals surface area contributed by atoms with E-state index in [2.05, 4.69) is 0 Å². The minimum absolute atomic E-state index is 0.0940. The van der Waals surface area contributed by atoms with E-state index < -0.39 is 5.97 Å². The smallest absolute Gasteiger partial charge is 0.338 e. The van der Waals surface area contributed by atoms with Crippen LogP contribution in [0.3, 0.4) is 0 Å². The van der Waals surface area contributed by atoms with Crippen LogP contribution in [-0.4, -0.2) is 24.3 Å². The van der Waals surface area contributed by atoms with Crippen molar-refractivity contribution in [2.24, 2.45) is 0 Å². The summed E-state index contributed by atoms with van der Waals surface area (Å²) in [5.74, 6) is -0.709. The van der Waals surface area contributed by atoms with E-state index in [0.29, 0.717) is 24.0 Å². The van der Waals surface area contributed by atoms with Gasteiger partial charge in [0.2, 0.25) is 0 Å². The topological polar surface area (TPSA) is 35.5 Å². The van der Waals surface area contributed by atoms with E-state index in [0.717, 1.165) is 0 Å². The zero-order valence-electron chi connectivity index (χ0n) is 11.5. The fourth-order valence-corrected chi connectivity index (χ4v) is 2.43. The molecule has 0 amide bonds. The summed E-state index contributed by atoms with van der Waals surface area (Å²) in [5, 5.41) is 0. The van der Waals surface area contributed by atoms with Gasteiger partial charge < -0.3 is 9.47 Å². The monoisotopic (exact) mass is 266 g/mol. The number of hydrogen-bond acceptors (Lipinski definition) is 3. The maximum absolute atomic E-state index is 13.2. The maximum Gasteiger partial charge on any atom is 0.338 e. The third-order valence-corrected chi connectivity index (χ3v) is 3.32. The van der Waals surface area contributed by atoms with Crippen LogP contribution in [0.25, 0.3) is 0 Å². The molecule has 1 fully saturated rings. The van der Waals surface area contributed by atoms with E-state index in [9.17, 15) is 9.18 Å². The second kappa shape index (κ2) is 5.70. The Bertz CT molecular complexity index is 462. The molecule has 1 aliphatic heterocycles. The summed E-state index contributed by atoms with van der Waals surface area (Å²) in [6, 6.07) is 4.27. The third-order valence-electron chi connectivity index (χ3n) is 3.32. The third kappa shape index (κ3) is 3.53. The van der Waals surface area contributed by atoms with Crippen LogP contribution in [0, 0.1) is 12.7 Å². The SMILES string of the molecule is Cc1cc(C(=O)OC2CC(C)OC(C)C2)ccc1F. The highest BCUT2D eigenvalue weighted by molar-refractivity contribution is 5.89. The average molecular weight is 266 g/mol. The van der Waals surface area contributed by atoms with Crippen LogP contribution in [0.15, 0.2) is 18.2 Å². The summed E-state index contributed by atoms with van der Waals surface area (Å²) >= 11 is 0. The van der Waals surface area contributed by atoms with Crippen molar-refractivity contribution in [3.8, 4) is 0 Å². The van der Waals surface area contributed by atoms with Gasteiger partial charge in [0.15, 0.2) is 0 Å². The number of aryl methyl sites for hydroxylation is 1. The van der Waals surface area contributed by atoms with Crippen molar-refractivity contribution in [2.75, 3.05) is 0 Å². The minimum atomic E-state index is -0.394. The van der Waals surface area contributed by atoms with E-state index >= 15 is 0 Å². The van der Waals surface area contributed by atoms with Gasteiger partial charge in [-0.1, -0.05) is 0 Å². The van der Waals surface area contributed by atoms with Gasteiger partial charge in [0.05, 0.1) is 17.8 Å². The molecule has 0 N–H and O–H groups in total. The Labute approximate surface area is 112 Å². The van der Waals surface area contributed by atoms with Crippen molar-refractivity contribution in [2.45, 2.75) is 51.9 Å². The van der Waals surface area contributed by atoms with Gasteiger partial charge in [-0.15, -0.1) is 0 Å². The number of ether oxygens (including phenoxy) is 2. The first-order chi connectivity index (χ1) is 8.95. The van der Waals surface area contributed by atoms with E-state index in [-0.39, 0.29) is 24.1 Å². The molecule has 1 saturated heterocycles. The van der Waals surface area contributed by atoms with E-state index in [1.807, 2.05) is 13.8 Å². The highest BCUT2D eigenvalue weighted by Crippen LogP contribution is 2.23. The molecule has 3 nitrogen and oxygen atoms in total. The first kappa shape index (κ1) is 14.0. The molecule has 0 radical (unpaired) electrons. The molecule has 4 heteroatoms. The number of carbonyl (C=O) groups is 1. The maximum atomic E-state index is 13.2. The zero-order chi connectivity index (χ0) is 14.0. The molecule has 0 aliphatic carbocycles. The van der Waals surface area contributed by atoms with E-state index in [1.54, 1.807) is 6.92 Å². The van der Waals surface area contributed by atoms with Gasteiger partial charge >= 0.3 is 5.97 Å². The lowest BCUT2D eigenvalue weighted by Crippen LogP contribution is -2.35. The summed E-state index contributed by atoms with van der Waals surface area (Å²) in [7, 11) is 0. The summed E-state index contributed by atoms with van der Waals surface area (Å²) in [5.41, 5.74) is 0.842. The molecule has 104 valence electrons.